The van der Waals surface area contributed by atoms with Crippen LogP contribution in [0.5, 0.6) is 5.75 Å². The maximum atomic E-state index is 12.2. The molecule has 0 radical (unpaired) electrons. The van der Waals surface area contributed by atoms with Crippen LogP contribution in [0.2, 0.25) is 0 Å². The van der Waals surface area contributed by atoms with Crippen molar-refractivity contribution in [2.75, 3.05) is 0 Å². The number of para-hydroxylation sites is 1. The molecular weight excluding hydrogens is 346 g/mol. The van der Waals surface area contributed by atoms with Crippen LogP contribution in [-0.4, -0.2) is 20.7 Å². The number of nitrogens with zero attached hydrogens (tertiary/aromatic N) is 3. The highest BCUT2D eigenvalue weighted by Gasteiger charge is 2.14. The first-order valence-corrected chi connectivity index (χ1v) is 7.65. The summed E-state index contributed by atoms with van der Waals surface area (Å²) in [5, 5.41) is 5.10. The summed E-state index contributed by atoms with van der Waals surface area (Å²) in [6.07, 6.45) is 3.22. The molecule has 2 heterocycles. The molecule has 3 aromatic rings. The fourth-order valence-electron chi connectivity index (χ4n) is 2.12. The number of hydrogen-bond acceptors (Lipinski definition) is 4. The summed E-state index contributed by atoms with van der Waals surface area (Å²) in [6.45, 7) is 4.06. The Balaban J connectivity index is 1.90. The SMILES string of the molecule is CC(C)n1ncc2cc(C(=O)Oc3ccccc3Br)cnc21. The average Bonchev–Trinajstić information content (AvgIpc) is 2.92. The van der Waals surface area contributed by atoms with Crippen molar-refractivity contribution in [2.45, 2.75) is 19.9 Å². The molecule has 1 aromatic carbocycles. The van der Waals surface area contributed by atoms with E-state index in [-0.39, 0.29) is 6.04 Å². The van der Waals surface area contributed by atoms with E-state index in [2.05, 4.69) is 26.0 Å². The number of aromatic nitrogens is 3. The number of ether oxygens (including phenoxy) is 1. The Morgan fingerprint density at radius 1 is 1.27 bits per heavy atom. The summed E-state index contributed by atoms with van der Waals surface area (Å²) >= 11 is 3.35. The molecular formula is C16H14BrN3O2. The maximum absolute atomic E-state index is 12.2. The smallest absolute Gasteiger partial charge is 0.345 e. The van der Waals surface area contributed by atoms with Crippen LogP contribution in [0.4, 0.5) is 0 Å². The van der Waals surface area contributed by atoms with Gasteiger partial charge < -0.3 is 4.74 Å². The Hall–Kier alpha value is -2.21. The van der Waals surface area contributed by atoms with E-state index in [1.54, 1.807) is 18.3 Å². The number of halogens is 1. The second-order valence-corrected chi connectivity index (χ2v) is 5.99. The van der Waals surface area contributed by atoms with Gasteiger partial charge in [-0.2, -0.15) is 5.10 Å². The van der Waals surface area contributed by atoms with Gasteiger partial charge in [0.1, 0.15) is 5.75 Å². The molecule has 0 bridgehead atoms. The summed E-state index contributed by atoms with van der Waals surface area (Å²) in [7, 11) is 0. The molecule has 3 rings (SSSR count). The van der Waals surface area contributed by atoms with Crippen molar-refractivity contribution in [2.24, 2.45) is 0 Å². The highest BCUT2D eigenvalue weighted by atomic mass is 79.9. The Morgan fingerprint density at radius 3 is 2.77 bits per heavy atom. The summed E-state index contributed by atoms with van der Waals surface area (Å²) in [6, 6.07) is 9.16. The normalized spacial score (nSPS) is 11.1. The third-order valence-electron chi connectivity index (χ3n) is 3.20. The topological polar surface area (TPSA) is 57.0 Å². The van der Waals surface area contributed by atoms with Crippen molar-refractivity contribution in [1.82, 2.24) is 14.8 Å². The van der Waals surface area contributed by atoms with Gasteiger partial charge in [0.2, 0.25) is 0 Å². The van der Waals surface area contributed by atoms with E-state index in [0.717, 1.165) is 15.5 Å². The third-order valence-corrected chi connectivity index (χ3v) is 3.85. The number of carbonyl (C=O) groups excluding carboxylic acids is 1. The molecule has 0 N–H and O–H groups in total. The van der Waals surface area contributed by atoms with Crippen molar-refractivity contribution in [3.05, 3.63) is 52.8 Å². The van der Waals surface area contributed by atoms with Gasteiger partial charge in [-0.15, -0.1) is 0 Å². The van der Waals surface area contributed by atoms with Crippen LogP contribution in [0.3, 0.4) is 0 Å². The van der Waals surface area contributed by atoms with E-state index in [4.69, 9.17) is 4.74 Å². The van der Waals surface area contributed by atoms with E-state index >= 15 is 0 Å². The Bertz CT molecular complexity index is 842. The van der Waals surface area contributed by atoms with Crippen molar-refractivity contribution >= 4 is 32.9 Å². The largest absolute Gasteiger partial charge is 0.422 e. The van der Waals surface area contributed by atoms with Crippen LogP contribution >= 0.6 is 15.9 Å². The zero-order chi connectivity index (χ0) is 15.7. The van der Waals surface area contributed by atoms with Crippen LogP contribution in [0.1, 0.15) is 30.2 Å². The van der Waals surface area contributed by atoms with Gasteiger partial charge in [-0.1, -0.05) is 12.1 Å². The molecule has 0 unspecified atom stereocenters. The molecule has 5 nitrogen and oxygen atoms in total. The van der Waals surface area contributed by atoms with Gasteiger partial charge in [0.25, 0.3) is 0 Å². The van der Waals surface area contributed by atoms with Crippen LogP contribution < -0.4 is 4.74 Å². The Morgan fingerprint density at radius 2 is 2.05 bits per heavy atom. The fraction of sp³-hybridized carbons (Fsp3) is 0.188. The molecule has 6 heteroatoms. The number of esters is 1. The maximum Gasteiger partial charge on any atom is 0.345 e. The Labute approximate surface area is 136 Å². The van der Waals surface area contributed by atoms with E-state index < -0.39 is 5.97 Å². The molecule has 0 amide bonds. The van der Waals surface area contributed by atoms with Gasteiger partial charge in [0.15, 0.2) is 5.65 Å². The number of fused-ring (bicyclic) bond motifs is 1. The predicted octanol–water partition coefficient (Wildman–Crippen LogP) is 3.99. The van der Waals surface area contributed by atoms with Gasteiger partial charge in [0, 0.05) is 17.6 Å². The monoisotopic (exact) mass is 359 g/mol. The van der Waals surface area contributed by atoms with Gasteiger partial charge in [-0.3, -0.25) is 0 Å². The molecule has 0 saturated carbocycles. The van der Waals surface area contributed by atoms with Crippen molar-refractivity contribution in [3.8, 4) is 5.75 Å². The zero-order valence-electron chi connectivity index (χ0n) is 12.2. The minimum atomic E-state index is -0.446. The second-order valence-electron chi connectivity index (χ2n) is 5.14. The number of carbonyl (C=O) groups is 1. The number of hydrogen-bond donors (Lipinski definition) is 0. The summed E-state index contributed by atoms with van der Waals surface area (Å²) in [5.41, 5.74) is 1.15. The lowest BCUT2D eigenvalue weighted by Crippen LogP contribution is -2.09. The first-order valence-electron chi connectivity index (χ1n) is 6.86. The number of rotatable bonds is 3. The lowest BCUT2D eigenvalue weighted by atomic mass is 10.2. The van der Waals surface area contributed by atoms with Crippen LogP contribution in [0.15, 0.2) is 47.2 Å². The zero-order valence-corrected chi connectivity index (χ0v) is 13.7. The van der Waals surface area contributed by atoms with Crippen molar-refractivity contribution < 1.29 is 9.53 Å². The van der Waals surface area contributed by atoms with Crippen molar-refractivity contribution in [3.63, 3.8) is 0 Å². The third kappa shape index (κ3) is 2.74. The van der Waals surface area contributed by atoms with E-state index in [0.29, 0.717) is 11.3 Å². The second kappa shape index (κ2) is 5.88. The molecule has 112 valence electrons. The molecule has 22 heavy (non-hydrogen) atoms. The number of benzene rings is 1. The lowest BCUT2D eigenvalue weighted by molar-refractivity contribution is 0.0733. The molecule has 0 saturated heterocycles. The van der Waals surface area contributed by atoms with E-state index in [1.807, 2.05) is 36.7 Å². The minimum absolute atomic E-state index is 0.211. The van der Waals surface area contributed by atoms with Gasteiger partial charge in [-0.05, 0) is 48.0 Å². The summed E-state index contributed by atoms with van der Waals surface area (Å²) in [5.74, 6) is 0.0315. The quantitative estimate of drug-likeness (QED) is 0.523. The van der Waals surface area contributed by atoms with Gasteiger partial charge in [-0.25, -0.2) is 14.5 Å². The van der Waals surface area contributed by atoms with E-state index in [1.165, 1.54) is 6.20 Å². The van der Waals surface area contributed by atoms with Crippen LogP contribution in [-0.2, 0) is 0 Å². The van der Waals surface area contributed by atoms with Crippen LogP contribution in [0, 0.1) is 0 Å². The first-order chi connectivity index (χ1) is 10.6. The van der Waals surface area contributed by atoms with Gasteiger partial charge in [0.05, 0.1) is 16.2 Å². The average molecular weight is 360 g/mol. The number of pyridine rings is 1. The first kappa shape index (κ1) is 14.7. The molecule has 0 fully saturated rings. The molecule has 0 atom stereocenters. The van der Waals surface area contributed by atoms with Gasteiger partial charge >= 0.3 is 5.97 Å². The predicted molar refractivity (Wildman–Crippen MR) is 87.0 cm³/mol. The van der Waals surface area contributed by atoms with E-state index in [9.17, 15) is 4.79 Å². The fourth-order valence-corrected chi connectivity index (χ4v) is 2.48. The molecule has 0 aliphatic carbocycles. The lowest BCUT2D eigenvalue weighted by Gasteiger charge is -2.07. The minimum Gasteiger partial charge on any atom is -0.422 e. The summed E-state index contributed by atoms with van der Waals surface area (Å²) in [4.78, 5) is 16.6. The summed E-state index contributed by atoms with van der Waals surface area (Å²) < 4.78 is 7.93. The van der Waals surface area contributed by atoms with Crippen molar-refractivity contribution in [1.29, 1.82) is 0 Å². The van der Waals surface area contributed by atoms with Crippen LogP contribution in [0.25, 0.3) is 11.0 Å². The highest BCUT2D eigenvalue weighted by Crippen LogP contribution is 2.25. The standard InChI is InChI=1S/C16H14BrN3O2/c1-10(2)20-15-11(9-19-20)7-12(8-18-15)16(21)22-14-6-4-3-5-13(14)17/h3-10H,1-2H3. The molecule has 0 aliphatic rings. The molecule has 0 spiro atoms. The highest BCUT2D eigenvalue weighted by molar-refractivity contribution is 9.10. The Kier molecular flexibility index (Phi) is 3.94. The molecule has 2 aromatic heterocycles. The molecule has 0 aliphatic heterocycles.